The third-order valence-electron chi connectivity index (χ3n) is 1.17. The first-order valence-electron chi connectivity index (χ1n) is 3.06. The average molecular weight is 135 g/mol. The molecule has 2 atom stereocenters. The number of carboxylic acid groups (broad SMARTS) is 1. The highest BCUT2D eigenvalue weighted by atomic mass is 16.4. The second-order valence-corrected chi connectivity index (χ2v) is 1.84. The molecule has 0 aromatic heterocycles. The molecule has 0 saturated heterocycles. The average Bonchev–Trinajstić information content (AvgIpc) is 2.00. The molecule has 0 aliphatic rings. The van der Waals surface area contributed by atoms with Gasteiger partial charge < -0.3 is 15.5 Å². The molecule has 0 aromatic carbocycles. The number of aliphatic hydroxyl groups is 1. The summed E-state index contributed by atoms with van der Waals surface area (Å²) < 4.78 is 6.17. The molecule has 9 heavy (non-hydrogen) atoms. The zero-order valence-electron chi connectivity index (χ0n) is 6.42. The normalized spacial score (nSPS) is 17.9. The molecular formula is C5H11NO3. The lowest BCUT2D eigenvalue weighted by Crippen LogP contribution is -2.40. The van der Waals surface area contributed by atoms with Crippen molar-refractivity contribution in [3.63, 3.8) is 0 Å². The van der Waals surface area contributed by atoms with Gasteiger partial charge in [-0.1, -0.05) is 0 Å². The summed E-state index contributed by atoms with van der Waals surface area (Å²) >= 11 is 0. The Morgan fingerprint density at radius 3 is 2.78 bits per heavy atom. The summed E-state index contributed by atoms with van der Waals surface area (Å²) in [7, 11) is 1.60. The summed E-state index contributed by atoms with van der Waals surface area (Å²) in [6.07, 6.45) is -1.26. The van der Waals surface area contributed by atoms with Gasteiger partial charge in [-0.15, -0.1) is 0 Å². The molecule has 4 heteroatoms. The van der Waals surface area contributed by atoms with Gasteiger partial charge >= 0.3 is 5.97 Å². The lowest BCUT2D eigenvalue weighted by Gasteiger charge is -2.12. The molecule has 54 valence electrons. The molecule has 0 bridgehead atoms. The van der Waals surface area contributed by atoms with Crippen molar-refractivity contribution in [3.8, 4) is 0 Å². The first kappa shape index (κ1) is 6.51. The van der Waals surface area contributed by atoms with Gasteiger partial charge in [0.05, 0.1) is 0 Å². The molecule has 0 fully saturated rings. The number of carbonyl (C=O) groups is 1. The number of aliphatic carboxylic acids is 1. The van der Waals surface area contributed by atoms with Crippen molar-refractivity contribution >= 4 is 5.97 Å². The van der Waals surface area contributed by atoms with E-state index in [0.29, 0.717) is 0 Å². The van der Waals surface area contributed by atoms with Gasteiger partial charge in [0.1, 0.15) is 0 Å². The standard InChI is InChI=1S/C5H11NO3/c1-3(6-2)4(7)5(8)9/h3-4,6-7H,1-2H3,(H,8,9)/i/hT. The molecule has 3 N–H and O–H groups in total. The monoisotopic (exact) mass is 135 g/mol. The number of carboxylic acids is 1. The van der Waals surface area contributed by atoms with E-state index in [1.54, 1.807) is 14.0 Å². The van der Waals surface area contributed by atoms with Crippen LogP contribution in [0, 0.1) is 0 Å². The Morgan fingerprint density at radius 1 is 1.89 bits per heavy atom. The minimum absolute atomic E-state index is 0.391. The largest absolute Gasteiger partial charge is 0.479 e. The van der Waals surface area contributed by atoms with Gasteiger partial charge in [0.25, 0.3) is 1.43 Å². The maximum atomic E-state index is 10.4. The van der Waals surface area contributed by atoms with E-state index in [4.69, 9.17) is 6.54 Å². The van der Waals surface area contributed by atoms with Gasteiger partial charge in [-0.3, -0.25) is 0 Å². The van der Waals surface area contributed by atoms with Crippen molar-refractivity contribution in [2.24, 2.45) is 0 Å². The van der Waals surface area contributed by atoms with E-state index < -0.39 is 18.1 Å². The Balaban J connectivity index is 3.81. The number of nitrogens with one attached hydrogen (secondary N) is 1. The number of aliphatic hydroxyl groups excluding tert-OH is 1. The second-order valence-electron chi connectivity index (χ2n) is 1.84. The van der Waals surface area contributed by atoms with Crippen LogP contribution in [0.25, 0.3) is 1.43 Å². The maximum Gasteiger partial charge on any atom is 0.334 e. The Morgan fingerprint density at radius 2 is 2.44 bits per heavy atom. The molecule has 0 saturated carbocycles. The van der Waals surface area contributed by atoms with E-state index in [-0.39, 0.29) is 0 Å². The lowest BCUT2D eigenvalue weighted by molar-refractivity contribution is -0.147. The quantitative estimate of drug-likeness (QED) is 0.466. The lowest BCUT2D eigenvalue weighted by atomic mass is 10.2. The Labute approximate surface area is 55.0 Å². The molecule has 0 radical (unpaired) electrons. The van der Waals surface area contributed by atoms with Crippen molar-refractivity contribution in [2.45, 2.75) is 19.1 Å². The fraction of sp³-hybridized carbons (Fsp3) is 0.800. The van der Waals surface area contributed by atoms with E-state index in [1.807, 2.05) is 0 Å². The van der Waals surface area contributed by atoms with E-state index >= 15 is 0 Å². The molecule has 0 spiro atoms. The van der Waals surface area contributed by atoms with Gasteiger partial charge in [-0.05, 0) is 14.0 Å². The molecule has 2 unspecified atom stereocenters. The zero-order chi connectivity index (χ0) is 8.15. The maximum absolute atomic E-state index is 10.4. The van der Waals surface area contributed by atoms with Crippen LogP contribution in [-0.4, -0.2) is 35.4 Å². The summed E-state index contributed by atoms with van der Waals surface area (Å²) in [5.74, 6) is -0.943. The Bertz CT molecular complexity index is 119. The van der Waals surface area contributed by atoms with Crippen LogP contribution in [0.3, 0.4) is 0 Å². The SMILES string of the molecule is [3H]OC(=O)C(O)C(C)NC. The highest BCUT2D eigenvalue weighted by molar-refractivity contribution is 5.72. The van der Waals surface area contributed by atoms with Crippen LogP contribution in [0.1, 0.15) is 6.92 Å². The molecule has 0 aliphatic heterocycles. The first-order valence-corrected chi connectivity index (χ1v) is 2.65. The zero-order valence-corrected chi connectivity index (χ0v) is 5.42. The van der Waals surface area contributed by atoms with Gasteiger partial charge in [0.2, 0.25) is 0 Å². The minimum atomic E-state index is -1.26. The fourth-order valence-corrected chi connectivity index (χ4v) is 0.362. The van der Waals surface area contributed by atoms with Crippen molar-refractivity contribution in [1.82, 2.24) is 5.32 Å². The van der Waals surface area contributed by atoms with E-state index in [0.717, 1.165) is 0 Å². The molecule has 4 nitrogen and oxygen atoms in total. The minimum Gasteiger partial charge on any atom is -0.479 e. The van der Waals surface area contributed by atoms with Crippen molar-refractivity contribution in [1.29, 1.82) is 1.43 Å². The molecule has 0 aromatic rings. The van der Waals surface area contributed by atoms with Crippen LogP contribution in [0.2, 0.25) is 0 Å². The van der Waals surface area contributed by atoms with Gasteiger partial charge in [0.15, 0.2) is 6.10 Å². The van der Waals surface area contributed by atoms with Gasteiger partial charge in [-0.2, -0.15) is 0 Å². The summed E-state index contributed by atoms with van der Waals surface area (Å²) in [6.45, 7) is 1.61. The Hall–Kier alpha value is -0.610. The number of hydrogen-bond acceptors (Lipinski definition) is 4. The van der Waals surface area contributed by atoms with Gasteiger partial charge in [-0.25, -0.2) is 4.79 Å². The predicted octanol–water partition coefficient (Wildman–Crippen LogP) is -0.960. The third kappa shape index (κ3) is 2.43. The molecule has 0 aliphatic carbocycles. The highest BCUT2D eigenvalue weighted by Crippen LogP contribution is 1.89. The van der Waals surface area contributed by atoms with E-state index in [1.165, 1.54) is 0 Å². The molecule has 0 rings (SSSR count). The van der Waals surface area contributed by atoms with E-state index in [2.05, 4.69) is 10.4 Å². The van der Waals surface area contributed by atoms with Crippen LogP contribution in [0.15, 0.2) is 0 Å². The van der Waals surface area contributed by atoms with Crippen molar-refractivity contribution < 1.29 is 15.0 Å². The highest BCUT2D eigenvalue weighted by Gasteiger charge is 2.18. The van der Waals surface area contributed by atoms with Crippen LogP contribution >= 0.6 is 0 Å². The van der Waals surface area contributed by atoms with Crippen LogP contribution in [-0.2, 0) is 4.79 Å². The third-order valence-corrected chi connectivity index (χ3v) is 1.17. The van der Waals surface area contributed by atoms with Crippen molar-refractivity contribution in [3.05, 3.63) is 0 Å². The van der Waals surface area contributed by atoms with E-state index in [9.17, 15) is 4.79 Å². The number of rotatable bonds is 3. The van der Waals surface area contributed by atoms with Crippen molar-refractivity contribution in [2.75, 3.05) is 7.05 Å². The van der Waals surface area contributed by atoms with Crippen LogP contribution in [0.4, 0.5) is 0 Å². The molecular weight excluding hydrogens is 122 g/mol. The van der Waals surface area contributed by atoms with Crippen LogP contribution < -0.4 is 5.32 Å². The second kappa shape index (κ2) is 3.42. The smallest absolute Gasteiger partial charge is 0.334 e. The Kier molecular flexibility index (Phi) is 2.48. The number of hydrogen-bond donors (Lipinski definition) is 3. The summed E-state index contributed by atoms with van der Waals surface area (Å²) in [4.78, 5) is 10.4. The fourth-order valence-electron chi connectivity index (χ4n) is 0.362. The topological polar surface area (TPSA) is 69.6 Å². The first-order chi connectivity index (χ1) is 4.63. The molecule has 0 amide bonds. The van der Waals surface area contributed by atoms with Crippen LogP contribution in [0.5, 0.6) is 0 Å². The summed E-state index contributed by atoms with van der Waals surface area (Å²) in [6, 6.07) is -0.391. The molecule has 0 heterocycles. The summed E-state index contributed by atoms with van der Waals surface area (Å²) in [5, 5.41) is 15.1. The summed E-state index contributed by atoms with van der Waals surface area (Å²) in [5.41, 5.74) is 0. The number of likely N-dealkylation sites (N-methyl/N-ethyl adjacent to an activating group) is 1. The predicted molar refractivity (Wildman–Crippen MR) is 32.2 cm³/mol. The van der Waals surface area contributed by atoms with Gasteiger partial charge in [0, 0.05) is 6.04 Å².